The quantitative estimate of drug-likeness (QED) is 0.279. The summed E-state index contributed by atoms with van der Waals surface area (Å²) in [5.74, 6) is -0.258. The normalized spacial score (nSPS) is 10.9. The number of carbonyl (C=O) groups is 1. The number of amides is 1. The predicted octanol–water partition coefficient (Wildman–Crippen LogP) is 7.99. The SMILES string of the molecule is Cc1ccc(-c2c(C)sc(NC(=O)c3cc(-c4ccc(C)c(C)c4)nc4ccccc34)c2C#N)cc1. The lowest BCUT2D eigenvalue weighted by atomic mass is 10.00. The van der Waals surface area contributed by atoms with Gasteiger partial charge in [0.05, 0.1) is 22.3 Å². The lowest BCUT2D eigenvalue weighted by molar-refractivity contribution is 0.102. The van der Waals surface area contributed by atoms with Gasteiger partial charge in [-0.1, -0.05) is 60.2 Å². The number of nitrogens with one attached hydrogen (secondary N) is 1. The molecular weight excluding hydrogens is 462 g/mol. The van der Waals surface area contributed by atoms with Crippen LogP contribution in [0.25, 0.3) is 33.3 Å². The number of aryl methyl sites for hydroxylation is 4. The number of thiophene rings is 1. The first kappa shape index (κ1) is 23.5. The molecule has 1 N–H and O–H groups in total. The molecule has 2 aromatic heterocycles. The Bertz CT molecular complexity index is 1670. The summed E-state index contributed by atoms with van der Waals surface area (Å²) in [5.41, 5.74) is 8.84. The van der Waals surface area contributed by atoms with Crippen LogP contribution >= 0.6 is 11.3 Å². The molecule has 176 valence electrons. The van der Waals surface area contributed by atoms with Crippen LogP contribution in [-0.4, -0.2) is 10.9 Å². The van der Waals surface area contributed by atoms with Gasteiger partial charge in [-0.25, -0.2) is 4.98 Å². The minimum Gasteiger partial charge on any atom is -0.312 e. The second-order valence-corrected chi connectivity index (χ2v) is 10.3. The van der Waals surface area contributed by atoms with Crippen molar-refractivity contribution in [2.24, 2.45) is 0 Å². The molecule has 0 atom stereocenters. The maximum absolute atomic E-state index is 13.7. The van der Waals surface area contributed by atoms with E-state index in [-0.39, 0.29) is 5.91 Å². The van der Waals surface area contributed by atoms with Gasteiger partial charge in [-0.15, -0.1) is 11.3 Å². The Hall–Kier alpha value is -4.27. The number of carbonyl (C=O) groups excluding carboxylic acids is 1. The minimum atomic E-state index is -0.258. The van der Waals surface area contributed by atoms with Crippen LogP contribution in [0.3, 0.4) is 0 Å². The van der Waals surface area contributed by atoms with Crippen molar-refractivity contribution in [2.75, 3.05) is 5.32 Å². The van der Waals surface area contributed by atoms with Gasteiger partial charge in [0, 0.05) is 21.4 Å². The Kier molecular flexibility index (Phi) is 6.13. The summed E-state index contributed by atoms with van der Waals surface area (Å²) < 4.78 is 0. The van der Waals surface area contributed by atoms with Crippen molar-refractivity contribution < 1.29 is 4.79 Å². The zero-order valence-corrected chi connectivity index (χ0v) is 21.5. The standard InChI is InChI=1S/C31H25N3OS/c1-18-9-12-22(13-10-18)29-21(4)36-31(26(29)17-32)34-30(35)25-16-28(23-14-11-19(2)20(3)15-23)33-27-8-6-5-7-24(25)27/h5-16H,1-4H3,(H,34,35). The van der Waals surface area contributed by atoms with Gasteiger partial charge in [0.15, 0.2) is 0 Å². The van der Waals surface area contributed by atoms with Gasteiger partial charge in [-0.3, -0.25) is 4.79 Å². The molecule has 5 heteroatoms. The molecule has 0 fully saturated rings. The fraction of sp³-hybridized carbons (Fsp3) is 0.129. The van der Waals surface area contributed by atoms with E-state index in [1.807, 2.05) is 74.5 Å². The first-order valence-corrected chi connectivity index (χ1v) is 12.6. The Morgan fingerprint density at radius 1 is 0.889 bits per heavy atom. The third-order valence-corrected chi connectivity index (χ3v) is 7.55. The van der Waals surface area contributed by atoms with Crippen molar-refractivity contribution in [3.63, 3.8) is 0 Å². The number of hydrogen-bond donors (Lipinski definition) is 1. The van der Waals surface area contributed by atoms with Crippen LogP contribution in [0.2, 0.25) is 0 Å². The lowest BCUT2D eigenvalue weighted by Gasteiger charge is -2.11. The van der Waals surface area contributed by atoms with E-state index in [0.29, 0.717) is 16.1 Å². The van der Waals surface area contributed by atoms with E-state index in [0.717, 1.165) is 43.7 Å². The molecule has 5 aromatic rings. The number of pyridine rings is 1. The first-order chi connectivity index (χ1) is 17.4. The monoisotopic (exact) mass is 487 g/mol. The summed E-state index contributed by atoms with van der Waals surface area (Å²) in [6.45, 7) is 8.16. The number of hydrogen-bond acceptors (Lipinski definition) is 4. The number of rotatable bonds is 4. The molecule has 0 aliphatic rings. The van der Waals surface area contributed by atoms with E-state index in [2.05, 4.69) is 37.4 Å². The number of para-hydroxylation sites is 1. The fourth-order valence-electron chi connectivity index (χ4n) is 4.39. The van der Waals surface area contributed by atoms with E-state index in [9.17, 15) is 10.1 Å². The average Bonchev–Trinajstić information content (AvgIpc) is 3.19. The molecule has 4 nitrogen and oxygen atoms in total. The Balaban J connectivity index is 1.58. The van der Waals surface area contributed by atoms with Crippen LogP contribution in [-0.2, 0) is 0 Å². The van der Waals surface area contributed by atoms with Gasteiger partial charge in [0.25, 0.3) is 5.91 Å². The molecule has 1 amide bonds. The largest absolute Gasteiger partial charge is 0.312 e. The van der Waals surface area contributed by atoms with E-state index in [1.54, 1.807) is 0 Å². The molecule has 2 heterocycles. The second-order valence-electron chi connectivity index (χ2n) is 9.04. The summed E-state index contributed by atoms with van der Waals surface area (Å²) in [6, 6.07) is 26.1. The molecule has 0 aliphatic carbocycles. The van der Waals surface area contributed by atoms with Crippen LogP contribution < -0.4 is 5.32 Å². The van der Waals surface area contributed by atoms with Gasteiger partial charge in [0.1, 0.15) is 11.1 Å². The Morgan fingerprint density at radius 3 is 2.33 bits per heavy atom. The molecular formula is C31H25N3OS. The van der Waals surface area contributed by atoms with Gasteiger partial charge >= 0.3 is 0 Å². The van der Waals surface area contributed by atoms with Crippen molar-refractivity contribution in [2.45, 2.75) is 27.7 Å². The first-order valence-electron chi connectivity index (χ1n) is 11.7. The third-order valence-electron chi connectivity index (χ3n) is 6.53. The molecule has 5 rings (SSSR count). The summed E-state index contributed by atoms with van der Waals surface area (Å²) >= 11 is 1.43. The summed E-state index contributed by atoms with van der Waals surface area (Å²) in [6.07, 6.45) is 0. The molecule has 36 heavy (non-hydrogen) atoms. The Labute approximate surface area is 214 Å². The van der Waals surface area contributed by atoms with Crippen molar-refractivity contribution in [1.29, 1.82) is 5.26 Å². The van der Waals surface area contributed by atoms with Gasteiger partial charge in [-0.2, -0.15) is 5.26 Å². The number of fused-ring (bicyclic) bond motifs is 1. The molecule has 0 bridgehead atoms. The zero-order chi connectivity index (χ0) is 25.4. The van der Waals surface area contributed by atoms with Crippen molar-refractivity contribution in [3.05, 3.63) is 105 Å². The van der Waals surface area contributed by atoms with E-state index in [4.69, 9.17) is 4.98 Å². The van der Waals surface area contributed by atoms with Crippen LogP contribution in [0, 0.1) is 39.0 Å². The van der Waals surface area contributed by atoms with Crippen LogP contribution in [0.5, 0.6) is 0 Å². The maximum atomic E-state index is 13.7. The van der Waals surface area contributed by atoms with E-state index < -0.39 is 0 Å². The molecule has 3 aromatic carbocycles. The van der Waals surface area contributed by atoms with E-state index in [1.165, 1.54) is 22.5 Å². The number of benzene rings is 3. The lowest BCUT2D eigenvalue weighted by Crippen LogP contribution is -2.13. The number of nitriles is 1. The maximum Gasteiger partial charge on any atom is 0.257 e. The highest BCUT2D eigenvalue weighted by atomic mass is 32.1. The van der Waals surface area contributed by atoms with Crippen LogP contribution in [0.4, 0.5) is 5.00 Å². The fourth-order valence-corrected chi connectivity index (χ4v) is 5.41. The molecule has 0 saturated carbocycles. The van der Waals surface area contributed by atoms with Gasteiger partial charge < -0.3 is 5.32 Å². The number of aromatic nitrogens is 1. The highest BCUT2D eigenvalue weighted by molar-refractivity contribution is 7.17. The molecule has 0 aliphatic heterocycles. The number of anilines is 1. The highest BCUT2D eigenvalue weighted by Gasteiger charge is 2.21. The molecule has 0 radical (unpaired) electrons. The van der Waals surface area contributed by atoms with Crippen LogP contribution in [0.1, 0.15) is 37.5 Å². The van der Waals surface area contributed by atoms with Crippen molar-refractivity contribution in [3.8, 4) is 28.5 Å². The summed E-state index contributed by atoms with van der Waals surface area (Å²) in [4.78, 5) is 19.5. The van der Waals surface area contributed by atoms with Crippen molar-refractivity contribution in [1.82, 2.24) is 4.98 Å². The number of nitrogens with zero attached hydrogens (tertiary/aromatic N) is 2. The smallest absolute Gasteiger partial charge is 0.257 e. The minimum absolute atomic E-state index is 0.258. The predicted molar refractivity (Wildman–Crippen MR) is 149 cm³/mol. The molecule has 0 saturated heterocycles. The summed E-state index contributed by atoms with van der Waals surface area (Å²) in [7, 11) is 0. The third kappa shape index (κ3) is 4.28. The van der Waals surface area contributed by atoms with Crippen molar-refractivity contribution >= 4 is 33.1 Å². The van der Waals surface area contributed by atoms with Gasteiger partial charge in [-0.05, 0) is 62.6 Å². The van der Waals surface area contributed by atoms with E-state index >= 15 is 0 Å². The average molecular weight is 488 g/mol. The summed E-state index contributed by atoms with van der Waals surface area (Å²) in [5, 5.41) is 14.4. The topological polar surface area (TPSA) is 65.8 Å². The second kappa shape index (κ2) is 9.41. The zero-order valence-electron chi connectivity index (χ0n) is 20.6. The molecule has 0 spiro atoms. The Morgan fingerprint density at radius 2 is 1.61 bits per heavy atom. The van der Waals surface area contributed by atoms with Gasteiger partial charge in [0.2, 0.25) is 0 Å². The highest BCUT2D eigenvalue weighted by Crippen LogP contribution is 2.40. The molecule has 0 unspecified atom stereocenters. The van der Waals surface area contributed by atoms with Crippen LogP contribution in [0.15, 0.2) is 72.8 Å².